The van der Waals surface area contributed by atoms with E-state index < -0.39 is 0 Å². The number of alkyl halides is 1. The molecule has 0 amide bonds. The van der Waals surface area contributed by atoms with E-state index >= 15 is 0 Å². The number of imidazole rings is 1. The van der Waals surface area contributed by atoms with Gasteiger partial charge in [0, 0.05) is 6.07 Å². The lowest BCUT2D eigenvalue weighted by Crippen LogP contribution is -2.02. The Morgan fingerprint density at radius 3 is 2.95 bits per heavy atom. The highest BCUT2D eigenvalue weighted by Gasteiger charge is 2.12. The molecule has 0 saturated heterocycles. The molecule has 2 aromatic heterocycles. The van der Waals surface area contributed by atoms with Gasteiger partial charge in [-0.3, -0.25) is 0 Å². The summed E-state index contributed by atoms with van der Waals surface area (Å²) >= 11 is 5.97. The zero-order valence-electron chi connectivity index (χ0n) is 10.5. The molecule has 1 aromatic carbocycles. The van der Waals surface area contributed by atoms with Crippen molar-refractivity contribution in [2.24, 2.45) is 0 Å². The third kappa shape index (κ3) is 2.19. The van der Waals surface area contributed by atoms with Crippen LogP contribution >= 0.6 is 11.6 Å². The van der Waals surface area contributed by atoms with Crippen LogP contribution in [0.3, 0.4) is 0 Å². The number of methoxy groups -OCH3 is 1. The Morgan fingerprint density at radius 1 is 1.37 bits per heavy atom. The molecule has 98 valence electrons. The highest BCUT2D eigenvalue weighted by molar-refractivity contribution is 6.16. The number of nitrogens with zero attached hydrogens (tertiary/aromatic N) is 2. The van der Waals surface area contributed by atoms with Crippen LogP contribution in [0.5, 0.6) is 5.75 Å². The fraction of sp³-hybridized carbons (Fsp3) is 0.214. The van der Waals surface area contributed by atoms with Crippen molar-refractivity contribution in [2.45, 2.75) is 12.4 Å². The maximum atomic E-state index is 5.97. The van der Waals surface area contributed by atoms with Crippen LogP contribution in [0.1, 0.15) is 11.6 Å². The topological polar surface area (TPSA) is 40.2 Å². The SMILES string of the molecule is COc1ccc2c(c1)nc(CCl)n2Cc1ccco1. The first-order valence-electron chi connectivity index (χ1n) is 5.93. The van der Waals surface area contributed by atoms with Crippen LogP contribution in [0.25, 0.3) is 11.0 Å². The summed E-state index contributed by atoms with van der Waals surface area (Å²) in [6.07, 6.45) is 1.66. The van der Waals surface area contributed by atoms with Crippen molar-refractivity contribution >= 4 is 22.6 Å². The second-order valence-corrected chi connectivity index (χ2v) is 4.45. The first-order valence-corrected chi connectivity index (χ1v) is 6.47. The number of halogens is 1. The van der Waals surface area contributed by atoms with Gasteiger partial charge in [0.25, 0.3) is 0 Å². The molecule has 0 atom stereocenters. The summed E-state index contributed by atoms with van der Waals surface area (Å²) in [5.41, 5.74) is 1.90. The maximum absolute atomic E-state index is 5.97. The first kappa shape index (κ1) is 12.1. The van der Waals surface area contributed by atoms with Crippen molar-refractivity contribution in [2.75, 3.05) is 7.11 Å². The molecule has 3 aromatic rings. The Balaban J connectivity index is 2.10. The van der Waals surface area contributed by atoms with Crippen molar-refractivity contribution in [3.8, 4) is 5.75 Å². The van der Waals surface area contributed by atoms with Crippen molar-refractivity contribution in [1.29, 1.82) is 0 Å². The van der Waals surface area contributed by atoms with Crippen LogP contribution in [0.4, 0.5) is 0 Å². The molecule has 3 rings (SSSR count). The van der Waals surface area contributed by atoms with Gasteiger partial charge in [-0.15, -0.1) is 11.6 Å². The highest BCUT2D eigenvalue weighted by atomic mass is 35.5. The van der Waals surface area contributed by atoms with Gasteiger partial charge < -0.3 is 13.7 Å². The molecule has 0 saturated carbocycles. The number of benzene rings is 1. The zero-order chi connectivity index (χ0) is 13.2. The van der Waals surface area contributed by atoms with Gasteiger partial charge in [0.2, 0.25) is 0 Å². The van der Waals surface area contributed by atoms with Gasteiger partial charge >= 0.3 is 0 Å². The molecule has 0 spiro atoms. The quantitative estimate of drug-likeness (QED) is 0.686. The highest BCUT2D eigenvalue weighted by Crippen LogP contribution is 2.23. The smallest absolute Gasteiger partial charge is 0.125 e. The zero-order valence-corrected chi connectivity index (χ0v) is 11.2. The Bertz CT molecular complexity index is 689. The van der Waals surface area contributed by atoms with E-state index in [2.05, 4.69) is 9.55 Å². The standard InChI is InChI=1S/C14H13ClN2O2/c1-18-10-4-5-13-12(7-10)16-14(8-15)17(13)9-11-3-2-6-19-11/h2-7H,8-9H2,1H3. The second-order valence-electron chi connectivity index (χ2n) is 4.18. The van der Waals surface area contributed by atoms with E-state index in [4.69, 9.17) is 20.8 Å². The monoisotopic (exact) mass is 276 g/mol. The Hall–Kier alpha value is -1.94. The lowest BCUT2D eigenvalue weighted by molar-refractivity contribution is 0.415. The summed E-state index contributed by atoms with van der Waals surface area (Å²) in [7, 11) is 1.64. The predicted octanol–water partition coefficient (Wildman–Crippen LogP) is 3.43. The van der Waals surface area contributed by atoms with E-state index in [1.54, 1.807) is 13.4 Å². The summed E-state index contributed by atoms with van der Waals surface area (Å²) in [5.74, 6) is 2.84. The molecule has 19 heavy (non-hydrogen) atoms. The van der Waals surface area contributed by atoms with Crippen molar-refractivity contribution < 1.29 is 9.15 Å². The number of hydrogen-bond donors (Lipinski definition) is 0. The van der Waals surface area contributed by atoms with Gasteiger partial charge in [0.1, 0.15) is 17.3 Å². The number of hydrogen-bond acceptors (Lipinski definition) is 3. The largest absolute Gasteiger partial charge is 0.497 e. The summed E-state index contributed by atoms with van der Waals surface area (Å²) in [6, 6.07) is 9.62. The van der Waals surface area contributed by atoms with Crippen LogP contribution in [0, 0.1) is 0 Å². The third-order valence-corrected chi connectivity index (χ3v) is 3.29. The first-order chi connectivity index (χ1) is 9.31. The van der Waals surface area contributed by atoms with Gasteiger partial charge in [-0.25, -0.2) is 4.98 Å². The Labute approximate surface area is 115 Å². The summed E-state index contributed by atoms with van der Waals surface area (Å²) < 4.78 is 12.7. The number of aromatic nitrogens is 2. The predicted molar refractivity (Wildman–Crippen MR) is 73.7 cm³/mol. The molecular weight excluding hydrogens is 264 g/mol. The minimum atomic E-state index is 0.359. The van der Waals surface area contributed by atoms with Crippen molar-refractivity contribution in [3.63, 3.8) is 0 Å². The fourth-order valence-corrected chi connectivity index (χ4v) is 2.33. The summed E-state index contributed by atoms with van der Waals surface area (Å²) in [5, 5.41) is 0. The summed E-state index contributed by atoms with van der Waals surface area (Å²) in [6.45, 7) is 0.623. The fourth-order valence-electron chi connectivity index (χ4n) is 2.12. The molecular formula is C14H13ClN2O2. The number of fused-ring (bicyclic) bond motifs is 1. The van der Waals surface area contributed by atoms with E-state index in [0.29, 0.717) is 12.4 Å². The molecule has 0 radical (unpaired) electrons. The van der Waals surface area contributed by atoms with Crippen LogP contribution in [-0.2, 0) is 12.4 Å². The summed E-state index contributed by atoms with van der Waals surface area (Å²) in [4.78, 5) is 4.53. The minimum Gasteiger partial charge on any atom is -0.497 e. The van der Waals surface area contributed by atoms with E-state index in [-0.39, 0.29) is 0 Å². The van der Waals surface area contributed by atoms with Crippen LogP contribution in [-0.4, -0.2) is 16.7 Å². The van der Waals surface area contributed by atoms with Gasteiger partial charge in [0.15, 0.2) is 0 Å². The van der Waals surface area contributed by atoms with Crippen LogP contribution in [0.15, 0.2) is 41.0 Å². The molecule has 0 fully saturated rings. The lowest BCUT2D eigenvalue weighted by Gasteiger charge is -2.05. The van der Waals surface area contributed by atoms with Gasteiger partial charge in [0.05, 0.1) is 36.8 Å². The molecule has 4 nitrogen and oxygen atoms in total. The van der Waals surface area contributed by atoms with Crippen molar-refractivity contribution in [3.05, 3.63) is 48.2 Å². The maximum Gasteiger partial charge on any atom is 0.125 e. The van der Waals surface area contributed by atoms with E-state index in [1.165, 1.54) is 0 Å². The van der Waals surface area contributed by atoms with E-state index in [9.17, 15) is 0 Å². The van der Waals surface area contributed by atoms with Gasteiger partial charge in [-0.1, -0.05) is 0 Å². The van der Waals surface area contributed by atoms with Gasteiger partial charge in [-0.05, 0) is 24.3 Å². The molecule has 0 bridgehead atoms. The average molecular weight is 277 g/mol. The van der Waals surface area contributed by atoms with Crippen LogP contribution in [0.2, 0.25) is 0 Å². The number of furan rings is 1. The molecule has 0 N–H and O–H groups in total. The molecule has 0 aliphatic heterocycles. The molecule has 0 aliphatic rings. The van der Waals surface area contributed by atoms with Crippen molar-refractivity contribution in [1.82, 2.24) is 9.55 Å². The molecule has 0 unspecified atom stereocenters. The lowest BCUT2D eigenvalue weighted by atomic mass is 10.3. The average Bonchev–Trinajstić information content (AvgIpc) is 3.06. The van der Waals surface area contributed by atoms with E-state index in [0.717, 1.165) is 28.4 Å². The van der Waals surface area contributed by atoms with E-state index in [1.807, 2.05) is 30.3 Å². The Kier molecular flexibility index (Phi) is 3.17. The molecule has 2 heterocycles. The minimum absolute atomic E-state index is 0.359. The second kappa shape index (κ2) is 4.97. The normalized spacial score (nSPS) is 11.1. The van der Waals surface area contributed by atoms with Gasteiger partial charge in [-0.2, -0.15) is 0 Å². The molecule has 5 heteroatoms. The Morgan fingerprint density at radius 2 is 2.26 bits per heavy atom. The number of rotatable bonds is 4. The third-order valence-electron chi connectivity index (χ3n) is 3.05. The van der Waals surface area contributed by atoms with Crippen LogP contribution < -0.4 is 4.74 Å². The molecule has 0 aliphatic carbocycles. The number of ether oxygens (including phenoxy) is 1.